The highest BCUT2D eigenvalue weighted by Gasteiger charge is 2.47. The molecule has 0 saturated carbocycles. The van der Waals surface area contributed by atoms with Crippen LogP contribution in [-0.4, -0.2) is 0 Å². The average Bonchev–Trinajstić information content (AvgIpc) is 3.89. The number of anilines is 3. The Kier molecular flexibility index (Phi) is 8.76. The molecule has 0 spiro atoms. The summed E-state index contributed by atoms with van der Waals surface area (Å²) in [5.41, 5.74) is 19.1. The molecule has 1 heterocycles. The summed E-state index contributed by atoms with van der Waals surface area (Å²) in [7, 11) is 0. The first-order valence-electron chi connectivity index (χ1n) is 21.7. The van der Waals surface area contributed by atoms with Crippen LogP contribution in [0.5, 0.6) is 0 Å². The van der Waals surface area contributed by atoms with E-state index in [1.165, 1.54) is 55.6 Å². The molecule has 0 unspecified atom stereocenters. The Morgan fingerprint density at radius 1 is 0.317 bits per heavy atom. The van der Waals surface area contributed by atoms with Gasteiger partial charge in [-0.1, -0.05) is 200 Å². The molecule has 0 N–H and O–H groups in total. The average molecular weight is 804 g/mol. The maximum Gasteiger partial charge on any atom is 0.135 e. The summed E-state index contributed by atoms with van der Waals surface area (Å²) in [6.07, 6.45) is 0. The maximum absolute atomic E-state index is 6.23. The van der Waals surface area contributed by atoms with Crippen molar-refractivity contribution < 1.29 is 4.42 Å². The van der Waals surface area contributed by atoms with Crippen LogP contribution < -0.4 is 4.90 Å². The van der Waals surface area contributed by atoms with Gasteiger partial charge in [0.25, 0.3) is 0 Å². The van der Waals surface area contributed by atoms with Gasteiger partial charge < -0.3 is 9.32 Å². The summed E-state index contributed by atoms with van der Waals surface area (Å²) in [5.74, 6) is 0. The molecule has 63 heavy (non-hydrogen) atoms. The molecule has 2 heteroatoms. The van der Waals surface area contributed by atoms with Gasteiger partial charge in [-0.05, 0) is 110 Å². The number of furan rings is 1. The van der Waals surface area contributed by atoms with Crippen molar-refractivity contribution in [3.05, 3.63) is 271 Å². The van der Waals surface area contributed by atoms with E-state index in [1.807, 2.05) is 12.1 Å². The lowest BCUT2D eigenvalue weighted by Gasteiger charge is -2.34. The summed E-state index contributed by atoms with van der Waals surface area (Å²) in [6, 6.07) is 90.3. The minimum Gasteiger partial charge on any atom is -0.456 e. The van der Waals surface area contributed by atoms with Gasteiger partial charge in [0.15, 0.2) is 0 Å². The molecule has 0 radical (unpaired) electrons. The number of nitrogens with zero attached hydrogens (tertiary/aromatic N) is 1. The van der Waals surface area contributed by atoms with Crippen molar-refractivity contribution >= 4 is 39.0 Å². The molecule has 0 amide bonds. The smallest absolute Gasteiger partial charge is 0.135 e. The Morgan fingerprint density at radius 3 is 1.54 bits per heavy atom. The first-order valence-corrected chi connectivity index (χ1v) is 21.7. The van der Waals surface area contributed by atoms with Crippen molar-refractivity contribution in [2.75, 3.05) is 4.90 Å². The van der Waals surface area contributed by atoms with Gasteiger partial charge in [0.2, 0.25) is 0 Å². The molecule has 0 atom stereocenters. The second-order valence-electron chi connectivity index (χ2n) is 16.4. The predicted molar refractivity (Wildman–Crippen MR) is 262 cm³/mol. The van der Waals surface area contributed by atoms with Crippen LogP contribution in [0.1, 0.15) is 22.3 Å². The van der Waals surface area contributed by atoms with Crippen molar-refractivity contribution in [1.29, 1.82) is 0 Å². The van der Waals surface area contributed by atoms with E-state index in [9.17, 15) is 0 Å². The van der Waals surface area contributed by atoms with E-state index in [0.717, 1.165) is 50.1 Å². The SMILES string of the molecule is c1ccc(-c2ccc(-c3ccc(N(c4cccc(-c5ccc6oc7ccccc7c6c5)c4)c4cccc5c4-c4ccccc4C5(c4ccccc4)c4ccccc4)cc3)cc2)cc1. The molecular weight excluding hydrogens is 763 g/mol. The summed E-state index contributed by atoms with van der Waals surface area (Å²) in [4.78, 5) is 2.46. The van der Waals surface area contributed by atoms with Gasteiger partial charge >= 0.3 is 0 Å². The number of para-hydroxylation sites is 1. The number of hydrogen-bond donors (Lipinski definition) is 0. The topological polar surface area (TPSA) is 16.4 Å². The van der Waals surface area contributed by atoms with Crippen LogP contribution >= 0.6 is 0 Å². The number of benzene rings is 10. The zero-order chi connectivity index (χ0) is 41.7. The minimum absolute atomic E-state index is 0.517. The third-order valence-corrected chi connectivity index (χ3v) is 13.0. The van der Waals surface area contributed by atoms with Gasteiger partial charge in [0.1, 0.15) is 11.2 Å². The monoisotopic (exact) mass is 803 g/mol. The Bertz CT molecular complexity index is 3380. The Balaban J connectivity index is 1.05. The second-order valence-corrected chi connectivity index (χ2v) is 16.4. The molecule has 296 valence electrons. The van der Waals surface area contributed by atoms with Crippen LogP contribution in [0.25, 0.3) is 66.4 Å². The van der Waals surface area contributed by atoms with Crippen LogP contribution in [0.2, 0.25) is 0 Å². The highest BCUT2D eigenvalue weighted by Crippen LogP contribution is 2.59. The number of fused-ring (bicyclic) bond motifs is 6. The Labute approximate surface area is 367 Å². The predicted octanol–water partition coefficient (Wildman–Crippen LogP) is 16.4. The van der Waals surface area contributed by atoms with Gasteiger partial charge in [-0.15, -0.1) is 0 Å². The largest absolute Gasteiger partial charge is 0.456 e. The quantitative estimate of drug-likeness (QED) is 0.152. The fourth-order valence-corrected chi connectivity index (χ4v) is 10.1. The van der Waals surface area contributed by atoms with E-state index in [0.29, 0.717) is 0 Å². The third kappa shape index (κ3) is 6.02. The highest BCUT2D eigenvalue weighted by molar-refractivity contribution is 6.06. The molecule has 1 aliphatic rings. The molecule has 0 aliphatic heterocycles. The second kappa shape index (κ2) is 15.1. The van der Waals surface area contributed by atoms with Gasteiger partial charge in [-0.25, -0.2) is 0 Å². The fraction of sp³-hybridized carbons (Fsp3) is 0.0164. The van der Waals surface area contributed by atoms with Crippen molar-refractivity contribution in [2.45, 2.75) is 5.41 Å². The lowest BCUT2D eigenvalue weighted by molar-refractivity contribution is 0.669. The summed E-state index contributed by atoms with van der Waals surface area (Å²) in [5, 5.41) is 2.24. The molecule has 2 nitrogen and oxygen atoms in total. The molecule has 1 aromatic heterocycles. The van der Waals surface area contributed by atoms with Crippen LogP contribution in [0.4, 0.5) is 17.1 Å². The van der Waals surface area contributed by atoms with Crippen LogP contribution in [-0.2, 0) is 5.41 Å². The van der Waals surface area contributed by atoms with E-state index in [-0.39, 0.29) is 0 Å². The van der Waals surface area contributed by atoms with E-state index in [2.05, 4.69) is 241 Å². The van der Waals surface area contributed by atoms with Crippen LogP contribution in [0.3, 0.4) is 0 Å². The molecule has 12 rings (SSSR count). The van der Waals surface area contributed by atoms with Crippen molar-refractivity contribution in [2.24, 2.45) is 0 Å². The van der Waals surface area contributed by atoms with Gasteiger partial charge in [-0.2, -0.15) is 0 Å². The Hall–Kier alpha value is -8.20. The molecule has 0 bridgehead atoms. The van der Waals surface area contributed by atoms with Crippen molar-refractivity contribution in [3.63, 3.8) is 0 Å². The first-order chi connectivity index (χ1) is 31.2. The molecule has 0 fully saturated rings. The van der Waals surface area contributed by atoms with Crippen molar-refractivity contribution in [1.82, 2.24) is 0 Å². The summed E-state index contributed by atoms with van der Waals surface area (Å²) in [6.45, 7) is 0. The standard InChI is InChI=1S/C61H41NO/c1-4-16-42(17-5-1)43-30-32-44(33-31-43)45-34-37-50(38-35-45)62(51-23-14-18-46(40-51)47-36-39-59-54(41-47)52-24-11-13-29-58(52)63-59)57-28-15-27-56-60(57)53-25-10-12-26-55(53)61(56,48-19-6-2-7-20-48)49-21-8-3-9-22-49/h1-41H. The molecule has 1 aliphatic carbocycles. The maximum atomic E-state index is 6.23. The molecular formula is C61H41NO. The van der Waals surface area contributed by atoms with Gasteiger partial charge in [-0.3, -0.25) is 0 Å². The number of hydrogen-bond acceptors (Lipinski definition) is 2. The lowest BCUT2D eigenvalue weighted by Crippen LogP contribution is -2.28. The van der Waals surface area contributed by atoms with Crippen molar-refractivity contribution in [3.8, 4) is 44.5 Å². The highest BCUT2D eigenvalue weighted by atomic mass is 16.3. The zero-order valence-electron chi connectivity index (χ0n) is 34.5. The molecule has 10 aromatic carbocycles. The normalized spacial score (nSPS) is 12.6. The third-order valence-electron chi connectivity index (χ3n) is 13.0. The lowest BCUT2D eigenvalue weighted by atomic mass is 9.68. The fourth-order valence-electron chi connectivity index (χ4n) is 10.1. The summed E-state index contributed by atoms with van der Waals surface area (Å²) < 4.78 is 6.23. The van der Waals surface area contributed by atoms with Crippen LogP contribution in [0.15, 0.2) is 253 Å². The zero-order valence-corrected chi connectivity index (χ0v) is 34.5. The van der Waals surface area contributed by atoms with Gasteiger partial charge in [0.05, 0.1) is 11.1 Å². The first kappa shape index (κ1) is 36.6. The summed E-state index contributed by atoms with van der Waals surface area (Å²) >= 11 is 0. The molecule has 11 aromatic rings. The van der Waals surface area contributed by atoms with E-state index in [1.54, 1.807) is 0 Å². The van der Waals surface area contributed by atoms with Crippen LogP contribution in [0, 0.1) is 0 Å². The van der Waals surface area contributed by atoms with E-state index >= 15 is 0 Å². The van der Waals surface area contributed by atoms with E-state index in [4.69, 9.17) is 4.42 Å². The number of rotatable bonds is 8. The van der Waals surface area contributed by atoms with E-state index < -0.39 is 5.41 Å². The molecule has 0 saturated heterocycles. The van der Waals surface area contributed by atoms with Gasteiger partial charge in [0, 0.05) is 27.7 Å². The Morgan fingerprint density at radius 2 is 0.825 bits per heavy atom. The minimum atomic E-state index is -0.517.